The van der Waals surface area contributed by atoms with E-state index in [1.54, 1.807) is 24.3 Å². The highest BCUT2D eigenvalue weighted by molar-refractivity contribution is 7.99. The van der Waals surface area contributed by atoms with E-state index in [4.69, 9.17) is 0 Å². The molecule has 1 aromatic heterocycles. The number of aliphatic hydroxyl groups is 1. The number of rotatable bonds is 6. The molecule has 6 atom stereocenters. The quantitative estimate of drug-likeness (QED) is 0.184. The average Bonchev–Trinajstić information content (AvgIpc) is 3.40. The number of para-hydroxylation sites is 1. The molecule has 268 valence electrons. The number of aromatic nitrogens is 1. The molecule has 0 unspecified atom stereocenters. The molecule has 16 heteroatoms. The number of hydrogen-bond acceptors (Lipinski definition) is 8. The molecule has 1 aliphatic heterocycles. The normalized spacial score (nSPS) is 23.4. The highest BCUT2D eigenvalue weighted by Gasteiger charge is 2.34. The van der Waals surface area contributed by atoms with Crippen molar-refractivity contribution in [3.05, 3.63) is 65.5 Å². The van der Waals surface area contributed by atoms with E-state index in [0.29, 0.717) is 21.5 Å². The molecule has 1 aliphatic rings. The summed E-state index contributed by atoms with van der Waals surface area (Å²) in [4.78, 5) is 82.7. The Hall–Kier alpha value is -4.96. The maximum Gasteiger partial charge on any atom is 0.327 e. The fourth-order valence-electron chi connectivity index (χ4n) is 5.44. The number of carbonyl (C=O) groups is 6. The zero-order valence-electron chi connectivity index (χ0n) is 27.9. The number of thioether (sulfide) groups is 1. The van der Waals surface area contributed by atoms with Gasteiger partial charge in [-0.2, -0.15) is 0 Å². The van der Waals surface area contributed by atoms with E-state index >= 15 is 0 Å². The van der Waals surface area contributed by atoms with Crippen LogP contribution in [0.1, 0.15) is 50.0 Å². The number of aromatic amines is 1. The first-order valence-electron chi connectivity index (χ1n) is 16.1. The summed E-state index contributed by atoms with van der Waals surface area (Å²) in [6, 6.07) is 5.49. The number of carboxylic acid groups (broad SMARTS) is 1. The minimum atomic E-state index is -1.55. The topological polar surface area (TPSA) is 219 Å². The number of amides is 5. The number of carbonyl (C=O) groups excluding carboxylic acids is 5. The van der Waals surface area contributed by atoms with Crippen molar-refractivity contribution in [3.63, 3.8) is 0 Å². The summed E-state index contributed by atoms with van der Waals surface area (Å²) in [5.74, 6) is -6.71. The van der Waals surface area contributed by atoms with Crippen LogP contribution < -0.4 is 26.6 Å². The zero-order chi connectivity index (χ0) is 36.7. The first-order chi connectivity index (χ1) is 23.7. The molecule has 0 radical (unpaired) electrons. The van der Waals surface area contributed by atoms with E-state index in [1.165, 1.54) is 32.0 Å². The number of halogens is 1. The standard InChI is InChI=1S/C34H41FN6O8S/c1-16(2)13-24-30(45)36-17(3)28(43)41-27(18(4)42)32(47)39-26(34(48)49)15-50-33-21(19-9-6-8-12-23(19)40-33)14-25(31(46)38-24)37-29(44)20-10-5-7-11-22(20)35/h5-12,16-18,24-27,40,42H,13-15H2,1-4H3,(H,36,45)(H,37,44)(H,38,46)(H,39,47)(H,41,43)(H,48,49)/t17-,18-,24+,25+,26+,27+/m1/s1. The van der Waals surface area contributed by atoms with Gasteiger partial charge in [0.15, 0.2) is 0 Å². The Morgan fingerprint density at radius 3 is 2.26 bits per heavy atom. The van der Waals surface area contributed by atoms with Crippen LogP contribution in [-0.2, 0) is 30.4 Å². The van der Waals surface area contributed by atoms with Crippen molar-refractivity contribution in [3.8, 4) is 0 Å². The number of aliphatic carboxylic acids is 1. The molecule has 4 rings (SSSR count). The van der Waals surface area contributed by atoms with Crippen molar-refractivity contribution < 1.29 is 43.4 Å². The Bertz CT molecular complexity index is 1760. The minimum absolute atomic E-state index is 0.110. The largest absolute Gasteiger partial charge is 0.480 e. The van der Waals surface area contributed by atoms with Gasteiger partial charge >= 0.3 is 5.97 Å². The van der Waals surface area contributed by atoms with Crippen LogP contribution in [0, 0.1) is 11.7 Å². The Morgan fingerprint density at radius 2 is 1.60 bits per heavy atom. The first-order valence-corrected chi connectivity index (χ1v) is 17.0. The maximum atomic E-state index is 14.6. The van der Waals surface area contributed by atoms with Gasteiger partial charge in [0.25, 0.3) is 5.91 Å². The van der Waals surface area contributed by atoms with Gasteiger partial charge in [-0.3, -0.25) is 24.0 Å². The summed E-state index contributed by atoms with van der Waals surface area (Å²) < 4.78 is 14.6. The van der Waals surface area contributed by atoms with Crippen LogP contribution in [0.5, 0.6) is 0 Å². The van der Waals surface area contributed by atoms with Gasteiger partial charge in [0, 0.05) is 23.1 Å². The molecule has 0 saturated heterocycles. The van der Waals surface area contributed by atoms with Crippen molar-refractivity contribution in [2.45, 2.75) is 81.9 Å². The number of nitrogens with one attached hydrogen (secondary N) is 6. The number of fused-ring (bicyclic) bond motifs is 3. The summed E-state index contributed by atoms with van der Waals surface area (Å²) in [5.41, 5.74) is 0.846. The van der Waals surface area contributed by atoms with Crippen LogP contribution in [0.15, 0.2) is 53.6 Å². The zero-order valence-corrected chi connectivity index (χ0v) is 28.7. The number of benzene rings is 2. The van der Waals surface area contributed by atoms with Gasteiger partial charge in [0.2, 0.25) is 23.6 Å². The molecule has 14 nitrogen and oxygen atoms in total. The van der Waals surface area contributed by atoms with Crippen LogP contribution in [0.25, 0.3) is 10.9 Å². The second-order valence-electron chi connectivity index (χ2n) is 12.5. The number of hydrogen-bond donors (Lipinski definition) is 8. The van der Waals surface area contributed by atoms with E-state index in [9.17, 15) is 43.4 Å². The van der Waals surface area contributed by atoms with Crippen molar-refractivity contribution >= 4 is 58.2 Å². The van der Waals surface area contributed by atoms with E-state index in [1.807, 2.05) is 13.8 Å². The first kappa shape index (κ1) is 37.9. The highest BCUT2D eigenvalue weighted by Crippen LogP contribution is 2.31. The predicted octanol–water partition coefficient (Wildman–Crippen LogP) is 1.22. The lowest BCUT2D eigenvalue weighted by Crippen LogP contribution is -2.60. The van der Waals surface area contributed by atoms with E-state index < -0.39 is 77.6 Å². The lowest BCUT2D eigenvalue weighted by molar-refractivity contribution is -0.142. The second-order valence-corrected chi connectivity index (χ2v) is 13.6. The van der Waals surface area contributed by atoms with Crippen molar-refractivity contribution in [2.24, 2.45) is 5.92 Å². The Labute approximate surface area is 291 Å². The summed E-state index contributed by atoms with van der Waals surface area (Å²) in [7, 11) is 0. The van der Waals surface area contributed by atoms with Gasteiger partial charge < -0.3 is 41.8 Å². The summed E-state index contributed by atoms with van der Waals surface area (Å²) in [6.07, 6.45) is -1.45. The fraction of sp³-hybridized carbons (Fsp3) is 0.412. The summed E-state index contributed by atoms with van der Waals surface area (Å²) >= 11 is 1.03. The van der Waals surface area contributed by atoms with Crippen LogP contribution in [0.4, 0.5) is 4.39 Å². The molecule has 2 heterocycles. The molecular formula is C34H41FN6O8S. The second kappa shape index (κ2) is 16.6. The average molecular weight is 713 g/mol. The van der Waals surface area contributed by atoms with E-state index in [-0.39, 0.29) is 30.1 Å². The Kier molecular flexibility index (Phi) is 12.6. The van der Waals surface area contributed by atoms with Crippen LogP contribution in [0.2, 0.25) is 0 Å². The van der Waals surface area contributed by atoms with Gasteiger partial charge in [-0.05, 0) is 49.9 Å². The number of carboxylic acids is 1. The van der Waals surface area contributed by atoms with Gasteiger partial charge in [0.1, 0.15) is 36.0 Å². The molecule has 0 saturated carbocycles. The van der Waals surface area contributed by atoms with Gasteiger partial charge in [-0.1, -0.05) is 44.2 Å². The van der Waals surface area contributed by atoms with Crippen molar-refractivity contribution in [1.82, 2.24) is 31.6 Å². The lowest BCUT2D eigenvalue weighted by Gasteiger charge is -2.27. The SMILES string of the molecule is CC(C)C[C@@H]1NC(=O)[C@@H](NC(=O)c2ccccc2F)Cc2c([nH]c3ccccc23)SC[C@@H](C(=O)O)NC(=O)[C@H]([C@@H](C)O)NC(=O)[C@@H](C)NC1=O. The number of aliphatic hydroxyl groups excluding tert-OH is 1. The minimum Gasteiger partial charge on any atom is -0.480 e. The summed E-state index contributed by atoms with van der Waals surface area (Å²) in [6.45, 7) is 6.23. The molecule has 50 heavy (non-hydrogen) atoms. The molecule has 0 aliphatic carbocycles. The molecule has 0 fully saturated rings. The highest BCUT2D eigenvalue weighted by atomic mass is 32.2. The third kappa shape index (κ3) is 9.38. The molecule has 2 aromatic carbocycles. The molecule has 5 amide bonds. The van der Waals surface area contributed by atoms with Gasteiger partial charge in [-0.15, -0.1) is 11.8 Å². The number of H-pyrrole nitrogens is 1. The molecule has 8 N–H and O–H groups in total. The maximum absolute atomic E-state index is 14.6. The van der Waals surface area contributed by atoms with Gasteiger partial charge in [0.05, 0.1) is 16.7 Å². The van der Waals surface area contributed by atoms with E-state index in [2.05, 4.69) is 31.6 Å². The van der Waals surface area contributed by atoms with Crippen molar-refractivity contribution in [2.75, 3.05) is 5.75 Å². The van der Waals surface area contributed by atoms with Crippen LogP contribution in [-0.4, -0.2) is 92.8 Å². The lowest BCUT2D eigenvalue weighted by atomic mass is 10.00. The third-order valence-corrected chi connectivity index (χ3v) is 9.22. The molecular weight excluding hydrogens is 671 g/mol. The molecule has 3 aromatic rings. The molecule has 0 spiro atoms. The molecule has 0 bridgehead atoms. The summed E-state index contributed by atoms with van der Waals surface area (Å²) in [5, 5.41) is 33.9. The fourth-order valence-corrected chi connectivity index (χ4v) is 6.55. The van der Waals surface area contributed by atoms with E-state index in [0.717, 1.165) is 17.8 Å². The Morgan fingerprint density at radius 1 is 0.920 bits per heavy atom. The van der Waals surface area contributed by atoms with Gasteiger partial charge in [-0.25, -0.2) is 9.18 Å². The predicted molar refractivity (Wildman–Crippen MR) is 183 cm³/mol. The third-order valence-electron chi connectivity index (χ3n) is 8.09. The monoisotopic (exact) mass is 712 g/mol. The van der Waals surface area contributed by atoms with Crippen LogP contribution >= 0.6 is 11.8 Å². The van der Waals surface area contributed by atoms with Crippen LogP contribution in [0.3, 0.4) is 0 Å². The van der Waals surface area contributed by atoms with Crippen molar-refractivity contribution in [1.29, 1.82) is 0 Å². The smallest absolute Gasteiger partial charge is 0.327 e. The Balaban J connectivity index is 1.81.